The first-order valence-electron chi connectivity index (χ1n) is 5.19. The minimum absolute atomic E-state index is 0.102. The molecule has 2 rings (SSSR count). The summed E-state index contributed by atoms with van der Waals surface area (Å²) in [7, 11) is 0. The topological polar surface area (TPSA) is 29.5 Å². The number of phenols is 1. The van der Waals surface area contributed by atoms with Gasteiger partial charge in [0.1, 0.15) is 5.75 Å². The summed E-state index contributed by atoms with van der Waals surface area (Å²) in [6, 6.07) is 5.63. The van der Waals surface area contributed by atoms with Crippen LogP contribution in [0.3, 0.4) is 0 Å². The molecule has 1 fully saturated rings. The van der Waals surface area contributed by atoms with Crippen molar-refractivity contribution in [3.63, 3.8) is 0 Å². The second-order valence-corrected chi connectivity index (χ2v) is 3.86. The molecule has 1 aromatic carbocycles. The van der Waals surface area contributed by atoms with Crippen LogP contribution in [0.5, 0.6) is 5.75 Å². The molecule has 1 saturated heterocycles. The summed E-state index contributed by atoms with van der Waals surface area (Å²) in [4.78, 5) is 0. The lowest BCUT2D eigenvalue weighted by Crippen LogP contribution is -2.12. The molecule has 0 radical (unpaired) electrons. The normalized spacial score (nSPS) is 22.2. The van der Waals surface area contributed by atoms with Crippen molar-refractivity contribution < 1.29 is 9.84 Å². The van der Waals surface area contributed by atoms with E-state index in [4.69, 9.17) is 4.74 Å². The Hall–Kier alpha value is -1.02. The first-order valence-corrected chi connectivity index (χ1v) is 5.19. The first kappa shape index (κ1) is 9.53. The molecule has 1 aliphatic rings. The van der Waals surface area contributed by atoms with Gasteiger partial charge in [0.2, 0.25) is 0 Å². The molecule has 1 aromatic rings. The highest BCUT2D eigenvalue weighted by molar-refractivity contribution is 5.40. The summed E-state index contributed by atoms with van der Waals surface area (Å²) in [5.41, 5.74) is 2.10. The third-order valence-electron chi connectivity index (χ3n) is 2.80. The molecule has 0 aliphatic carbocycles. The van der Waals surface area contributed by atoms with Gasteiger partial charge in [0.05, 0.1) is 6.10 Å². The Morgan fingerprint density at radius 2 is 2.21 bits per heavy atom. The largest absolute Gasteiger partial charge is 0.508 e. The highest BCUT2D eigenvalue weighted by atomic mass is 16.5. The zero-order chi connectivity index (χ0) is 9.97. The summed E-state index contributed by atoms with van der Waals surface area (Å²) >= 11 is 0. The molecule has 0 amide bonds. The number of rotatable bonds is 1. The maximum atomic E-state index is 9.76. The van der Waals surface area contributed by atoms with E-state index >= 15 is 0 Å². The minimum atomic E-state index is 0.102. The Balaban J connectivity index is 2.29. The van der Waals surface area contributed by atoms with E-state index in [1.807, 2.05) is 19.1 Å². The fourth-order valence-electron chi connectivity index (χ4n) is 2.05. The molecule has 1 unspecified atom stereocenters. The summed E-state index contributed by atoms with van der Waals surface area (Å²) in [6.07, 6.45) is 3.46. The van der Waals surface area contributed by atoms with E-state index in [1.54, 1.807) is 6.07 Å². The van der Waals surface area contributed by atoms with Crippen LogP contribution >= 0.6 is 0 Å². The predicted octanol–water partition coefficient (Wildman–Crippen LogP) is 2.94. The Morgan fingerprint density at radius 3 is 2.86 bits per heavy atom. The van der Waals surface area contributed by atoms with E-state index in [2.05, 4.69) is 0 Å². The van der Waals surface area contributed by atoms with Crippen molar-refractivity contribution in [2.75, 3.05) is 6.61 Å². The molecule has 2 heteroatoms. The van der Waals surface area contributed by atoms with Crippen LogP contribution in [0.15, 0.2) is 18.2 Å². The summed E-state index contributed by atoms with van der Waals surface area (Å²) in [6.45, 7) is 2.84. The Morgan fingerprint density at radius 1 is 1.36 bits per heavy atom. The van der Waals surface area contributed by atoms with Crippen LogP contribution in [0.4, 0.5) is 0 Å². The highest BCUT2D eigenvalue weighted by Gasteiger charge is 2.20. The Labute approximate surface area is 84.5 Å². The van der Waals surface area contributed by atoms with Gasteiger partial charge in [0, 0.05) is 12.2 Å². The van der Waals surface area contributed by atoms with Crippen molar-refractivity contribution in [2.24, 2.45) is 0 Å². The van der Waals surface area contributed by atoms with Crippen molar-refractivity contribution in [1.29, 1.82) is 0 Å². The molecule has 0 spiro atoms. The Bertz CT molecular complexity index is 294. The van der Waals surface area contributed by atoms with E-state index in [0.29, 0.717) is 5.75 Å². The number of aromatic hydroxyl groups is 1. The molecule has 76 valence electrons. The number of hydrogen-bond donors (Lipinski definition) is 1. The fraction of sp³-hybridized carbons (Fsp3) is 0.500. The third-order valence-corrected chi connectivity index (χ3v) is 2.80. The zero-order valence-corrected chi connectivity index (χ0v) is 8.49. The van der Waals surface area contributed by atoms with Crippen LogP contribution in [-0.2, 0) is 4.74 Å². The quantitative estimate of drug-likeness (QED) is 0.741. The van der Waals surface area contributed by atoms with Crippen molar-refractivity contribution in [3.05, 3.63) is 29.3 Å². The van der Waals surface area contributed by atoms with Gasteiger partial charge in [0.15, 0.2) is 0 Å². The maximum Gasteiger partial charge on any atom is 0.121 e. The molecule has 0 saturated carbocycles. The number of aryl methyl sites for hydroxylation is 1. The lowest BCUT2D eigenvalue weighted by molar-refractivity contribution is 0.0132. The van der Waals surface area contributed by atoms with Gasteiger partial charge >= 0.3 is 0 Å². The standard InChI is InChI=1S/C12H16O2/c1-9-5-4-6-10(13)12(9)11-7-2-3-8-14-11/h4-6,11,13H,2-3,7-8H2,1H3. The zero-order valence-electron chi connectivity index (χ0n) is 8.49. The van der Waals surface area contributed by atoms with Crippen LogP contribution in [-0.4, -0.2) is 11.7 Å². The number of benzene rings is 1. The molecule has 1 N–H and O–H groups in total. The molecule has 0 aromatic heterocycles. The van der Waals surface area contributed by atoms with E-state index in [-0.39, 0.29) is 6.10 Å². The van der Waals surface area contributed by atoms with Crippen molar-refractivity contribution in [1.82, 2.24) is 0 Å². The molecule has 2 nitrogen and oxygen atoms in total. The van der Waals surface area contributed by atoms with Gasteiger partial charge < -0.3 is 9.84 Å². The van der Waals surface area contributed by atoms with Crippen molar-refractivity contribution in [2.45, 2.75) is 32.3 Å². The minimum Gasteiger partial charge on any atom is -0.508 e. The van der Waals surface area contributed by atoms with Crippen LogP contribution in [0.25, 0.3) is 0 Å². The molecule has 0 bridgehead atoms. The summed E-state index contributed by atoms with van der Waals surface area (Å²) < 4.78 is 5.67. The third kappa shape index (κ3) is 1.75. The van der Waals surface area contributed by atoms with Crippen molar-refractivity contribution in [3.8, 4) is 5.75 Å². The molecule has 1 aliphatic heterocycles. The monoisotopic (exact) mass is 192 g/mol. The maximum absolute atomic E-state index is 9.76. The number of ether oxygens (including phenoxy) is 1. The van der Waals surface area contributed by atoms with Crippen LogP contribution < -0.4 is 0 Å². The molecule has 1 atom stereocenters. The van der Waals surface area contributed by atoms with Crippen LogP contribution in [0.2, 0.25) is 0 Å². The second-order valence-electron chi connectivity index (χ2n) is 3.86. The summed E-state index contributed by atoms with van der Waals surface area (Å²) in [5.74, 6) is 0.372. The van der Waals surface area contributed by atoms with Gasteiger partial charge in [-0.15, -0.1) is 0 Å². The molecule has 1 heterocycles. The Kier molecular flexibility index (Phi) is 2.73. The number of phenolic OH excluding ortho intramolecular Hbond substituents is 1. The van der Waals surface area contributed by atoms with Crippen LogP contribution in [0, 0.1) is 6.92 Å². The lowest BCUT2D eigenvalue weighted by Gasteiger charge is -2.24. The van der Waals surface area contributed by atoms with E-state index in [9.17, 15) is 5.11 Å². The lowest BCUT2D eigenvalue weighted by atomic mass is 9.96. The van der Waals surface area contributed by atoms with Gasteiger partial charge in [-0.05, 0) is 37.8 Å². The first-order chi connectivity index (χ1) is 6.79. The van der Waals surface area contributed by atoms with Gasteiger partial charge in [-0.3, -0.25) is 0 Å². The van der Waals surface area contributed by atoms with Gasteiger partial charge in [-0.25, -0.2) is 0 Å². The van der Waals surface area contributed by atoms with Gasteiger partial charge in [-0.2, -0.15) is 0 Å². The molecule has 14 heavy (non-hydrogen) atoms. The average molecular weight is 192 g/mol. The predicted molar refractivity (Wildman–Crippen MR) is 55.4 cm³/mol. The average Bonchev–Trinajstić information content (AvgIpc) is 2.19. The fourth-order valence-corrected chi connectivity index (χ4v) is 2.05. The van der Waals surface area contributed by atoms with E-state index in [1.165, 1.54) is 6.42 Å². The van der Waals surface area contributed by atoms with Crippen LogP contribution in [0.1, 0.15) is 36.5 Å². The molecular formula is C12H16O2. The number of hydrogen-bond acceptors (Lipinski definition) is 2. The smallest absolute Gasteiger partial charge is 0.121 e. The van der Waals surface area contributed by atoms with Gasteiger partial charge in [0.25, 0.3) is 0 Å². The SMILES string of the molecule is Cc1cccc(O)c1C1CCCCO1. The summed E-state index contributed by atoms with van der Waals surface area (Å²) in [5, 5.41) is 9.76. The molecular weight excluding hydrogens is 176 g/mol. The van der Waals surface area contributed by atoms with E-state index in [0.717, 1.165) is 30.6 Å². The van der Waals surface area contributed by atoms with Crippen molar-refractivity contribution >= 4 is 0 Å². The highest BCUT2D eigenvalue weighted by Crippen LogP contribution is 2.35. The van der Waals surface area contributed by atoms with Gasteiger partial charge in [-0.1, -0.05) is 12.1 Å². The second kappa shape index (κ2) is 4.01. The van der Waals surface area contributed by atoms with E-state index < -0.39 is 0 Å².